The number of benzene rings is 1. The number of carbonyl (C=O) groups excluding carboxylic acids is 3. The van der Waals surface area contributed by atoms with Crippen LogP contribution in [0.25, 0.3) is 6.08 Å². The fourth-order valence-electron chi connectivity index (χ4n) is 2.58. The minimum atomic E-state index is -3.27. The monoisotopic (exact) mass is 426 g/mol. The highest BCUT2D eigenvalue weighted by Crippen LogP contribution is 2.33. The lowest BCUT2D eigenvalue weighted by molar-refractivity contribution is -0.124. The van der Waals surface area contributed by atoms with Crippen molar-refractivity contribution in [3.05, 3.63) is 51.2 Å². The van der Waals surface area contributed by atoms with E-state index in [2.05, 4.69) is 5.32 Å². The first-order valence-corrected chi connectivity index (χ1v) is 10.9. The predicted molar refractivity (Wildman–Crippen MR) is 104 cm³/mol. The van der Waals surface area contributed by atoms with Crippen LogP contribution in [0.15, 0.2) is 40.7 Å². The third kappa shape index (κ3) is 4.79. The first-order valence-electron chi connectivity index (χ1n) is 7.95. The lowest BCUT2D eigenvalue weighted by atomic mass is 10.2. The Morgan fingerprint density at radius 2 is 2.07 bits per heavy atom. The zero-order valence-electron chi connectivity index (χ0n) is 13.9. The molecule has 10 heteroatoms. The Kier molecular flexibility index (Phi) is 5.73. The Balaban J connectivity index is 1.59. The molecular formula is C17H15ClN2O5S2. The van der Waals surface area contributed by atoms with Crippen molar-refractivity contribution in [2.45, 2.75) is 12.5 Å². The fraction of sp³-hybridized carbons (Fsp3) is 0.235. The van der Waals surface area contributed by atoms with Crippen molar-refractivity contribution in [3.63, 3.8) is 0 Å². The number of amides is 3. The van der Waals surface area contributed by atoms with Crippen molar-refractivity contribution in [1.29, 1.82) is 0 Å². The lowest BCUT2D eigenvalue weighted by Gasteiger charge is -2.14. The molecule has 1 atom stereocenters. The smallest absolute Gasteiger partial charge is 0.293 e. The fourth-order valence-corrected chi connectivity index (χ4v) is 4.87. The van der Waals surface area contributed by atoms with Crippen molar-refractivity contribution in [1.82, 2.24) is 10.2 Å². The summed E-state index contributed by atoms with van der Waals surface area (Å²) >= 11 is 6.85. The molecule has 0 bridgehead atoms. The third-order valence-corrected chi connectivity index (χ3v) is 6.55. The van der Waals surface area contributed by atoms with Gasteiger partial charge >= 0.3 is 0 Å². The van der Waals surface area contributed by atoms with Crippen LogP contribution in [-0.2, 0) is 19.4 Å². The summed E-state index contributed by atoms with van der Waals surface area (Å²) in [6.07, 6.45) is 2.84. The van der Waals surface area contributed by atoms with Crippen LogP contribution in [0.1, 0.15) is 12.0 Å². The molecule has 142 valence electrons. The number of nitrogens with zero attached hydrogens (tertiary/aromatic N) is 1. The number of hydrogen-bond donors (Lipinski definition) is 1. The molecular weight excluding hydrogens is 412 g/mol. The van der Waals surface area contributed by atoms with Gasteiger partial charge in [0.2, 0.25) is 5.91 Å². The van der Waals surface area contributed by atoms with Gasteiger partial charge < -0.3 is 5.32 Å². The van der Waals surface area contributed by atoms with Crippen molar-refractivity contribution in [2.24, 2.45) is 0 Å². The second-order valence-electron chi connectivity index (χ2n) is 5.94. The Bertz CT molecular complexity index is 971. The maximum atomic E-state index is 12.4. The summed E-state index contributed by atoms with van der Waals surface area (Å²) < 4.78 is 22.7. The number of imide groups is 1. The molecule has 1 saturated heterocycles. The number of halogens is 1. The summed E-state index contributed by atoms with van der Waals surface area (Å²) in [5, 5.41) is 3.61. The SMILES string of the molecule is O=C(CCN1C(=O)S/C(=C/c2ccccc2Cl)C1=O)NC1C=CS(=O)(=O)C1. The Morgan fingerprint density at radius 1 is 1.33 bits per heavy atom. The summed E-state index contributed by atoms with van der Waals surface area (Å²) in [7, 11) is -3.27. The van der Waals surface area contributed by atoms with Crippen LogP contribution in [-0.4, -0.2) is 48.7 Å². The normalized spacial score (nSPS) is 22.6. The molecule has 1 aromatic carbocycles. The second kappa shape index (κ2) is 7.87. The van der Waals surface area contributed by atoms with Crippen LogP contribution in [0.5, 0.6) is 0 Å². The van der Waals surface area contributed by atoms with E-state index in [9.17, 15) is 22.8 Å². The van der Waals surface area contributed by atoms with Gasteiger partial charge in [-0.25, -0.2) is 8.42 Å². The van der Waals surface area contributed by atoms with Crippen molar-refractivity contribution >= 4 is 56.3 Å². The Hall–Kier alpha value is -2.10. The third-order valence-electron chi connectivity index (χ3n) is 3.90. The Morgan fingerprint density at radius 3 is 2.74 bits per heavy atom. The molecule has 2 heterocycles. The van der Waals surface area contributed by atoms with Gasteiger partial charge in [0.25, 0.3) is 11.1 Å². The van der Waals surface area contributed by atoms with E-state index >= 15 is 0 Å². The minimum absolute atomic E-state index is 0.0838. The molecule has 0 aliphatic carbocycles. The van der Waals surface area contributed by atoms with Gasteiger partial charge in [0.15, 0.2) is 9.84 Å². The highest BCUT2D eigenvalue weighted by Gasteiger charge is 2.35. The number of sulfone groups is 1. The minimum Gasteiger partial charge on any atom is -0.349 e. The van der Waals surface area contributed by atoms with Gasteiger partial charge in [-0.2, -0.15) is 0 Å². The van der Waals surface area contributed by atoms with Crippen LogP contribution < -0.4 is 5.32 Å². The molecule has 2 aliphatic heterocycles. The maximum Gasteiger partial charge on any atom is 0.293 e. The molecule has 1 fully saturated rings. The van der Waals surface area contributed by atoms with Crippen LogP contribution in [0.2, 0.25) is 5.02 Å². The predicted octanol–water partition coefficient (Wildman–Crippen LogP) is 2.19. The van der Waals surface area contributed by atoms with E-state index in [0.29, 0.717) is 10.6 Å². The van der Waals surface area contributed by atoms with Gasteiger partial charge in [-0.15, -0.1) is 0 Å². The van der Waals surface area contributed by atoms with Gasteiger partial charge in [0.1, 0.15) is 0 Å². The quantitative estimate of drug-likeness (QED) is 0.724. The van der Waals surface area contributed by atoms with Crippen LogP contribution in [0.4, 0.5) is 4.79 Å². The standard InChI is InChI=1S/C17H15ClN2O5S2/c18-13-4-2-1-3-11(13)9-14-16(22)20(17(23)26-14)7-5-15(21)19-12-6-8-27(24,25)10-12/h1-4,6,8-9,12H,5,7,10H2,(H,19,21)/b14-9+. The zero-order valence-corrected chi connectivity index (χ0v) is 16.3. The van der Waals surface area contributed by atoms with Gasteiger partial charge in [-0.1, -0.05) is 29.8 Å². The molecule has 1 unspecified atom stereocenters. The molecule has 2 aliphatic rings. The summed E-state index contributed by atoms with van der Waals surface area (Å²) in [5.41, 5.74) is 0.622. The lowest BCUT2D eigenvalue weighted by Crippen LogP contribution is -2.38. The largest absolute Gasteiger partial charge is 0.349 e. The average molecular weight is 427 g/mol. The molecule has 3 amide bonds. The van der Waals surface area contributed by atoms with E-state index in [0.717, 1.165) is 22.1 Å². The molecule has 0 aromatic heterocycles. The second-order valence-corrected chi connectivity index (χ2v) is 9.27. The summed E-state index contributed by atoms with van der Waals surface area (Å²) in [6, 6.07) is 6.35. The summed E-state index contributed by atoms with van der Waals surface area (Å²) in [5.74, 6) is -1.10. The highest BCUT2D eigenvalue weighted by atomic mass is 35.5. The summed E-state index contributed by atoms with van der Waals surface area (Å²) in [6.45, 7) is -0.0838. The van der Waals surface area contributed by atoms with Crippen LogP contribution in [0.3, 0.4) is 0 Å². The molecule has 1 N–H and O–H groups in total. The molecule has 0 saturated carbocycles. The number of thioether (sulfide) groups is 1. The Labute approximate surface area is 165 Å². The highest BCUT2D eigenvalue weighted by molar-refractivity contribution is 8.18. The zero-order chi connectivity index (χ0) is 19.6. The average Bonchev–Trinajstić information content (AvgIpc) is 3.07. The number of carbonyl (C=O) groups is 3. The van der Waals surface area contributed by atoms with E-state index in [1.165, 1.54) is 6.08 Å². The first kappa shape index (κ1) is 19.7. The first-order chi connectivity index (χ1) is 12.7. The van der Waals surface area contributed by atoms with Crippen LogP contribution in [0, 0.1) is 0 Å². The molecule has 3 rings (SSSR count). The van der Waals surface area contributed by atoms with E-state index in [1.54, 1.807) is 30.3 Å². The van der Waals surface area contributed by atoms with E-state index in [4.69, 9.17) is 11.6 Å². The van der Waals surface area contributed by atoms with Crippen molar-refractivity contribution < 1.29 is 22.8 Å². The molecule has 27 heavy (non-hydrogen) atoms. The molecule has 7 nitrogen and oxygen atoms in total. The van der Waals surface area contributed by atoms with Gasteiger partial charge in [-0.05, 0) is 35.5 Å². The molecule has 0 spiro atoms. The molecule has 0 radical (unpaired) electrons. The summed E-state index contributed by atoms with van der Waals surface area (Å²) in [4.78, 5) is 37.7. The van der Waals surface area contributed by atoms with Crippen LogP contribution >= 0.6 is 23.4 Å². The number of nitrogens with one attached hydrogen (secondary N) is 1. The topological polar surface area (TPSA) is 101 Å². The maximum absolute atomic E-state index is 12.4. The number of rotatable bonds is 5. The van der Waals surface area contributed by atoms with Crippen molar-refractivity contribution in [3.8, 4) is 0 Å². The van der Waals surface area contributed by atoms with Gasteiger partial charge in [0, 0.05) is 23.4 Å². The van der Waals surface area contributed by atoms with E-state index in [-0.39, 0.29) is 23.6 Å². The number of hydrogen-bond acceptors (Lipinski definition) is 6. The molecule has 1 aromatic rings. The van der Waals surface area contributed by atoms with E-state index in [1.807, 2.05) is 0 Å². The van der Waals surface area contributed by atoms with Gasteiger partial charge in [0.05, 0.1) is 16.7 Å². The van der Waals surface area contributed by atoms with E-state index < -0.39 is 32.9 Å². The van der Waals surface area contributed by atoms with Gasteiger partial charge in [-0.3, -0.25) is 19.3 Å². The van der Waals surface area contributed by atoms with Crippen molar-refractivity contribution in [2.75, 3.05) is 12.3 Å².